The Kier molecular flexibility index (Phi) is 7.01. The predicted molar refractivity (Wildman–Crippen MR) is 82.2 cm³/mol. The van der Waals surface area contributed by atoms with E-state index in [9.17, 15) is 9.59 Å². The van der Waals surface area contributed by atoms with E-state index in [-0.39, 0.29) is 25.2 Å². The van der Waals surface area contributed by atoms with Crippen LogP contribution < -0.4 is 5.32 Å². The number of carboxylic acids is 1. The van der Waals surface area contributed by atoms with Crippen LogP contribution in [0.15, 0.2) is 43.0 Å². The van der Waals surface area contributed by atoms with Gasteiger partial charge >= 0.3 is 12.0 Å². The highest BCUT2D eigenvalue weighted by Gasteiger charge is 2.17. The van der Waals surface area contributed by atoms with E-state index < -0.39 is 5.97 Å². The second kappa shape index (κ2) is 8.79. The van der Waals surface area contributed by atoms with Crippen LogP contribution >= 0.6 is 0 Å². The molecule has 1 aromatic carbocycles. The summed E-state index contributed by atoms with van der Waals surface area (Å²) < 4.78 is 0. The number of aliphatic carboxylic acids is 1. The smallest absolute Gasteiger partial charge is 0.323 e. The molecule has 0 aliphatic carbocycles. The van der Waals surface area contributed by atoms with Crippen LogP contribution in [-0.4, -0.2) is 41.1 Å². The van der Waals surface area contributed by atoms with E-state index in [4.69, 9.17) is 5.11 Å². The summed E-state index contributed by atoms with van der Waals surface area (Å²) in [5.74, 6) is -1.04. The zero-order valence-corrected chi connectivity index (χ0v) is 12.3. The zero-order chi connectivity index (χ0) is 15.7. The Morgan fingerprint density at radius 2 is 2.05 bits per heavy atom. The van der Waals surface area contributed by atoms with Crippen LogP contribution in [0.3, 0.4) is 0 Å². The first-order chi connectivity index (χ1) is 10.0. The standard InChI is InChI=1S/C16H22N2O3/c1-3-11-18(12-15(19)20)16(21)17-13(2)9-10-14-7-5-4-6-8-14/h3-8,13H,1,9-12H2,2H3,(H,17,21)(H,19,20). The molecule has 5 heteroatoms. The Bertz CT molecular complexity index is 474. The molecular weight excluding hydrogens is 268 g/mol. The molecule has 0 saturated heterocycles. The fourth-order valence-electron chi connectivity index (χ4n) is 1.94. The first kappa shape index (κ1) is 16.8. The third-order valence-electron chi connectivity index (χ3n) is 3.04. The van der Waals surface area contributed by atoms with Gasteiger partial charge in [-0.2, -0.15) is 0 Å². The molecule has 1 rings (SSSR count). The molecule has 2 N–H and O–H groups in total. The lowest BCUT2D eigenvalue weighted by molar-refractivity contribution is -0.137. The Morgan fingerprint density at radius 3 is 2.62 bits per heavy atom. The maximum atomic E-state index is 12.0. The number of hydrogen-bond acceptors (Lipinski definition) is 2. The number of amides is 2. The van der Waals surface area contributed by atoms with Crippen molar-refractivity contribution in [3.05, 3.63) is 48.6 Å². The van der Waals surface area contributed by atoms with Gasteiger partial charge in [0.15, 0.2) is 0 Å². The van der Waals surface area contributed by atoms with Gasteiger partial charge < -0.3 is 15.3 Å². The molecule has 0 aromatic heterocycles. The van der Waals surface area contributed by atoms with Crippen LogP contribution in [0.5, 0.6) is 0 Å². The van der Waals surface area contributed by atoms with E-state index in [1.807, 2.05) is 37.3 Å². The molecule has 0 radical (unpaired) electrons. The molecule has 0 bridgehead atoms. The number of carbonyl (C=O) groups excluding carboxylic acids is 1. The molecule has 0 saturated carbocycles. The van der Waals surface area contributed by atoms with E-state index in [0.717, 1.165) is 12.8 Å². The van der Waals surface area contributed by atoms with E-state index in [2.05, 4.69) is 11.9 Å². The Labute approximate surface area is 125 Å². The number of nitrogens with zero attached hydrogens (tertiary/aromatic N) is 1. The average molecular weight is 290 g/mol. The van der Waals surface area contributed by atoms with Crippen LogP contribution in [0.25, 0.3) is 0 Å². The largest absolute Gasteiger partial charge is 0.480 e. The van der Waals surface area contributed by atoms with E-state index in [1.165, 1.54) is 16.5 Å². The van der Waals surface area contributed by atoms with Crippen molar-refractivity contribution in [2.75, 3.05) is 13.1 Å². The van der Waals surface area contributed by atoms with Crippen LogP contribution in [0.2, 0.25) is 0 Å². The monoisotopic (exact) mass is 290 g/mol. The van der Waals surface area contributed by atoms with Gasteiger partial charge in [0.2, 0.25) is 0 Å². The highest BCUT2D eigenvalue weighted by atomic mass is 16.4. The van der Waals surface area contributed by atoms with Crippen molar-refractivity contribution in [2.45, 2.75) is 25.8 Å². The lowest BCUT2D eigenvalue weighted by Crippen LogP contribution is -2.46. The van der Waals surface area contributed by atoms with Crippen molar-refractivity contribution in [1.82, 2.24) is 10.2 Å². The lowest BCUT2D eigenvalue weighted by atomic mass is 10.1. The van der Waals surface area contributed by atoms with Gasteiger partial charge in [-0.15, -0.1) is 6.58 Å². The number of urea groups is 1. The molecule has 0 fully saturated rings. The summed E-state index contributed by atoms with van der Waals surface area (Å²) in [6.45, 7) is 5.32. The van der Waals surface area contributed by atoms with Gasteiger partial charge in [-0.05, 0) is 25.3 Å². The minimum absolute atomic E-state index is 0.0289. The fraction of sp³-hybridized carbons (Fsp3) is 0.375. The molecule has 21 heavy (non-hydrogen) atoms. The van der Waals surface area contributed by atoms with Crippen molar-refractivity contribution in [2.24, 2.45) is 0 Å². The topological polar surface area (TPSA) is 69.6 Å². The van der Waals surface area contributed by atoms with Gasteiger partial charge in [0.25, 0.3) is 0 Å². The molecule has 0 aliphatic rings. The van der Waals surface area contributed by atoms with Gasteiger partial charge in [0.05, 0.1) is 0 Å². The summed E-state index contributed by atoms with van der Waals surface area (Å²) in [7, 11) is 0. The summed E-state index contributed by atoms with van der Waals surface area (Å²) in [4.78, 5) is 23.9. The fourth-order valence-corrected chi connectivity index (χ4v) is 1.94. The normalized spacial score (nSPS) is 11.5. The average Bonchev–Trinajstić information content (AvgIpc) is 2.45. The highest BCUT2D eigenvalue weighted by Crippen LogP contribution is 2.05. The summed E-state index contributed by atoms with van der Waals surface area (Å²) in [5, 5.41) is 11.6. The predicted octanol–water partition coefficient (Wildman–Crippen LogP) is 2.29. The molecule has 0 aliphatic heterocycles. The van der Waals surface area contributed by atoms with Crippen molar-refractivity contribution in [1.29, 1.82) is 0 Å². The molecule has 1 unspecified atom stereocenters. The quantitative estimate of drug-likeness (QED) is 0.722. The van der Waals surface area contributed by atoms with Crippen molar-refractivity contribution in [3.8, 4) is 0 Å². The second-order valence-electron chi connectivity index (χ2n) is 4.94. The van der Waals surface area contributed by atoms with Crippen molar-refractivity contribution < 1.29 is 14.7 Å². The third-order valence-corrected chi connectivity index (χ3v) is 3.04. The summed E-state index contributed by atoms with van der Waals surface area (Å²) in [6.07, 6.45) is 3.17. The Morgan fingerprint density at radius 1 is 1.38 bits per heavy atom. The highest BCUT2D eigenvalue weighted by molar-refractivity contribution is 5.80. The van der Waals surface area contributed by atoms with Gasteiger partial charge in [-0.3, -0.25) is 4.79 Å². The lowest BCUT2D eigenvalue weighted by Gasteiger charge is -2.22. The van der Waals surface area contributed by atoms with Crippen LogP contribution in [-0.2, 0) is 11.2 Å². The number of carbonyl (C=O) groups is 2. The molecule has 0 spiro atoms. The minimum atomic E-state index is -1.04. The number of hydrogen-bond donors (Lipinski definition) is 2. The minimum Gasteiger partial charge on any atom is -0.480 e. The summed E-state index contributed by atoms with van der Waals surface area (Å²) >= 11 is 0. The molecule has 1 atom stereocenters. The van der Waals surface area contributed by atoms with E-state index in [1.54, 1.807) is 0 Å². The first-order valence-corrected chi connectivity index (χ1v) is 6.95. The summed E-state index contributed by atoms with van der Waals surface area (Å²) in [5.41, 5.74) is 1.21. The van der Waals surface area contributed by atoms with Crippen LogP contribution in [0, 0.1) is 0 Å². The van der Waals surface area contributed by atoms with Crippen LogP contribution in [0.4, 0.5) is 4.79 Å². The van der Waals surface area contributed by atoms with Gasteiger partial charge in [-0.1, -0.05) is 36.4 Å². The molecule has 2 amide bonds. The van der Waals surface area contributed by atoms with Crippen molar-refractivity contribution >= 4 is 12.0 Å². The number of rotatable bonds is 8. The third kappa shape index (κ3) is 6.61. The number of nitrogens with one attached hydrogen (secondary N) is 1. The van der Waals surface area contributed by atoms with Gasteiger partial charge in [-0.25, -0.2) is 4.79 Å². The maximum absolute atomic E-state index is 12.0. The molecule has 1 aromatic rings. The van der Waals surface area contributed by atoms with Gasteiger partial charge in [0.1, 0.15) is 6.54 Å². The molecule has 114 valence electrons. The second-order valence-corrected chi connectivity index (χ2v) is 4.94. The summed E-state index contributed by atoms with van der Waals surface area (Å²) in [6, 6.07) is 9.62. The number of aryl methyl sites for hydroxylation is 1. The van der Waals surface area contributed by atoms with Gasteiger partial charge in [0, 0.05) is 12.6 Å². The Hall–Kier alpha value is -2.30. The molecule has 0 heterocycles. The maximum Gasteiger partial charge on any atom is 0.323 e. The first-order valence-electron chi connectivity index (χ1n) is 6.95. The Balaban J connectivity index is 2.44. The zero-order valence-electron chi connectivity index (χ0n) is 12.3. The molecular formula is C16H22N2O3. The van der Waals surface area contributed by atoms with Crippen LogP contribution in [0.1, 0.15) is 18.9 Å². The van der Waals surface area contributed by atoms with E-state index in [0.29, 0.717) is 0 Å². The number of carboxylic acid groups (broad SMARTS) is 1. The van der Waals surface area contributed by atoms with E-state index >= 15 is 0 Å². The van der Waals surface area contributed by atoms with Crippen molar-refractivity contribution in [3.63, 3.8) is 0 Å². The molecule has 5 nitrogen and oxygen atoms in total. The SMILES string of the molecule is C=CCN(CC(=O)O)C(=O)NC(C)CCc1ccccc1. The number of benzene rings is 1.